The molecule has 2 nitrogen and oxygen atoms in total. The van der Waals surface area contributed by atoms with E-state index in [1.165, 1.54) is 6.07 Å². The quantitative estimate of drug-likeness (QED) is 0.0701. The Bertz CT molecular complexity index is 2430. The summed E-state index contributed by atoms with van der Waals surface area (Å²) < 4.78 is 230. The maximum absolute atomic E-state index is 15.6. The topological polar surface area (TPSA) is 18.5 Å². The highest BCUT2D eigenvalue weighted by molar-refractivity contribution is 6.66. The van der Waals surface area contributed by atoms with Gasteiger partial charge in [-0.05, 0) is 35.7 Å². The molecule has 6 aromatic carbocycles. The molecule has 0 N–H and O–H groups in total. The summed E-state index contributed by atoms with van der Waals surface area (Å²) in [6, 6.07) is 7.69. The van der Waals surface area contributed by atoms with E-state index in [0.29, 0.717) is 36.4 Å². The number of hydrogen-bond donors (Lipinski definition) is 0. The van der Waals surface area contributed by atoms with Gasteiger partial charge in [0.2, 0.25) is 17.5 Å². The molecule has 0 atom stereocenters. The first kappa shape index (κ1) is 36.0. The normalized spacial score (nSPS) is 11.4. The summed E-state index contributed by atoms with van der Waals surface area (Å²) in [5.74, 6) is -38.3. The third kappa shape index (κ3) is 5.71. The zero-order chi connectivity index (χ0) is 37.9. The number of halogens is 15. The third-order valence-electron chi connectivity index (χ3n) is 7.66. The summed E-state index contributed by atoms with van der Waals surface area (Å²) in [7, 11) is -2.68. The smallest absolute Gasteiger partial charge is 0.521 e. The minimum Gasteiger partial charge on any atom is -0.521 e. The number of rotatable bonds is 7. The summed E-state index contributed by atoms with van der Waals surface area (Å²) in [5.41, 5.74) is -6.61. The van der Waals surface area contributed by atoms with Crippen molar-refractivity contribution in [2.45, 2.75) is 0 Å². The Balaban J connectivity index is 1.66. The van der Waals surface area contributed by atoms with Gasteiger partial charge in [0.1, 0.15) is 11.6 Å². The molecule has 0 saturated heterocycles. The summed E-state index contributed by atoms with van der Waals surface area (Å²) in [6.07, 6.45) is 0. The largest absolute Gasteiger partial charge is 0.633 e. The highest BCUT2D eigenvalue weighted by Crippen LogP contribution is 2.43. The van der Waals surface area contributed by atoms with Crippen LogP contribution < -0.4 is 14.8 Å². The van der Waals surface area contributed by atoms with Crippen LogP contribution in [0.4, 0.5) is 65.9 Å². The maximum Gasteiger partial charge on any atom is 0.633 e. The summed E-state index contributed by atoms with van der Waals surface area (Å²) in [4.78, 5) is 0. The van der Waals surface area contributed by atoms with Gasteiger partial charge in [0.25, 0.3) is 0 Å². The lowest BCUT2D eigenvalue weighted by atomic mass is 9.75. The van der Waals surface area contributed by atoms with E-state index < -0.39 is 144 Å². The average molecular weight is 746 g/mol. The summed E-state index contributed by atoms with van der Waals surface area (Å²) in [6.45, 7) is 0. The first-order chi connectivity index (χ1) is 24.6. The van der Waals surface area contributed by atoms with Crippen LogP contribution in [0.5, 0.6) is 11.5 Å². The molecule has 52 heavy (non-hydrogen) atoms. The molecule has 0 aliphatic carbocycles. The van der Waals surface area contributed by atoms with Gasteiger partial charge >= 0.3 is 7.12 Å². The van der Waals surface area contributed by atoms with Gasteiger partial charge < -0.3 is 9.31 Å². The van der Waals surface area contributed by atoms with Crippen LogP contribution in [-0.4, -0.2) is 7.12 Å². The summed E-state index contributed by atoms with van der Waals surface area (Å²) in [5, 5.41) is -1.88. The Morgan fingerprint density at radius 2 is 0.885 bits per heavy atom. The van der Waals surface area contributed by atoms with Crippen molar-refractivity contribution in [3.05, 3.63) is 148 Å². The van der Waals surface area contributed by atoms with E-state index in [4.69, 9.17) is 9.31 Å². The molecule has 18 heteroatoms. The fraction of sp³-hybridized carbons (Fsp3) is 0. The number of para-hydroxylation sites is 1. The van der Waals surface area contributed by atoms with E-state index in [1.54, 1.807) is 0 Å². The van der Waals surface area contributed by atoms with Crippen molar-refractivity contribution in [2.24, 2.45) is 0 Å². The maximum atomic E-state index is 15.6. The van der Waals surface area contributed by atoms with Crippen molar-refractivity contribution < 1.29 is 75.2 Å². The van der Waals surface area contributed by atoms with Crippen LogP contribution >= 0.6 is 0 Å². The van der Waals surface area contributed by atoms with Crippen molar-refractivity contribution in [1.82, 2.24) is 0 Å². The Kier molecular flexibility index (Phi) is 9.27. The summed E-state index contributed by atoms with van der Waals surface area (Å²) >= 11 is 0. The highest BCUT2D eigenvalue weighted by Gasteiger charge is 2.39. The second kappa shape index (κ2) is 13.4. The molecule has 0 amide bonds. The number of fused-ring (bicyclic) bond motifs is 1. The van der Waals surface area contributed by atoms with Gasteiger partial charge in [-0.3, -0.25) is 0 Å². The SMILES string of the molecule is Fc1ccc(-c2ccccc2OB(Oc2c(F)c(F)c(F)c(F)c2-c2c(F)c(F)c(F)c(F)c2F)c2ccc(F)c3c(F)c(F)ccc23)c(F)c1F. The molecule has 266 valence electrons. The zero-order valence-corrected chi connectivity index (χ0v) is 24.8. The Labute approximate surface area is 280 Å². The lowest BCUT2D eigenvalue weighted by Gasteiger charge is -2.23. The Hall–Kier alpha value is -5.81. The van der Waals surface area contributed by atoms with E-state index >= 15 is 8.78 Å². The van der Waals surface area contributed by atoms with Gasteiger partial charge in [-0.15, -0.1) is 0 Å². The van der Waals surface area contributed by atoms with Crippen LogP contribution in [-0.2, 0) is 0 Å². The molecule has 0 radical (unpaired) electrons. The van der Waals surface area contributed by atoms with Crippen molar-refractivity contribution >= 4 is 23.4 Å². The molecule has 0 saturated carbocycles. The van der Waals surface area contributed by atoms with Crippen LogP contribution in [0, 0.1) is 87.3 Å². The molecule has 0 spiro atoms. The van der Waals surface area contributed by atoms with Gasteiger partial charge in [-0.25, -0.2) is 61.5 Å². The fourth-order valence-electron chi connectivity index (χ4n) is 5.24. The molecular weight excluding hydrogens is 736 g/mol. The fourth-order valence-corrected chi connectivity index (χ4v) is 5.24. The molecule has 6 aromatic rings. The van der Waals surface area contributed by atoms with Crippen LogP contribution in [0.25, 0.3) is 33.0 Å². The zero-order valence-electron chi connectivity index (χ0n) is 24.8. The van der Waals surface area contributed by atoms with Gasteiger partial charge in [-0.2, -0.15) is 4.39 Å². The monoisotopic (exact) mass is 746 g/mol. The van der Waals surface area contributed by atoms with Crippen molar-refractivity contribution in [1.29, 1.82) is 0 Å². The first-order valence-electron chi connectivity index (χ1n) is 14.1. The molecule has 0 aromatic heterocycles. The van der Waals surface area contributed by atoms with E-state index in [2.05, 4.69) is 0 Å². The standard InChI is InChI=1S/C34H10BF15O2/c36-15-10-7-14(13-6-9-16(37)23(40)19(13)15)35(51-18-4-2-1-3-11(18)12-5-8-17(38)24(41)22(12)39)52-34-21(27(44)30(47)32(49)33(34)50)20-25(42)28(45)31(48)29(46)26(20)43/h1-10H. The Morgan fingerprint density at radius 1 is 0.365 bits per heavy atom. The second-order valence-corrected chi connectivity index (χ2v) is 10.6. The van der Waals surface area contributed by atoms with Gasteiger partial charge in [0.15, 0.2) is 69.7 Å². The van der Waals surface area contributed by atoms with E-state index in [-0.39, 0.29) is 0 Å². The molecular formula is C34H10BF15O2. The lowest BCUT2D eigenvalue weighted by molar-refractivity contribution is 0.367. The second-order valence-electron chi connectivity index (χ2n) is 10.6. The molecule has 0 fully saturated rings. The molecule has 0 bridgehead atoms. The molecule has 0 aliphatic heterocycles. The van der Waals surface area contributed by atoms with Crippen molar-refractivity contribution in [3.63, 3.8) is 0 Å². The first-order valence-corrected chi connectivity index (χ1v) is 14.1. The van der Waals surface area contributed by atoms with Crippen molar-refractivity contribution in [2.75, 3.05) is 0 Å². The molecule has 0 unspecified atom stereocenters. The van der Waals surface area contributed by atoms with Crippen LogP contribution in [0.3, 0.4) is 0 Å². The lowest BCUT2D eigenvalue weighted by Crippen LogP contribution is -2.44. The number of benzene rings is 6. The van der Waals surface area contributed by atoms with Crippen LogP contribution in [0.1, 0.15) is 0 Å². The Morgan fingerprint density at radius 3 is 1.54 bits per heavy atom. The minimum atomic E-state index is -2.83. The number of hydrogen-bond acceptors (Lipinski definition) is 2. The van der Waals surface area contributed by atoms with Gasteiger partial charge in [-0.1, -0.05) is 30.3 Å². The highest BCUT2D eigenvalue weighted by atomic mass is 19.2. The third-order valence-corrected chi connectivity index (χ3v) is 7.66. The molecule has 0 aliphatic rings. The van der Waals surface area contributed by atoms with Gasteiger partial charge in [0, 0.05) is 16.6 Å². The van der Waals surface area contributed by atoms with E-state index in [1.807, 2.05) is 0 Å². The van der Waals surface area contributed by atoms with E-state index in [0.717, 1.165) is 18.2 Å². The van der Waals surface area contributed by atoms with Crippen LogP contribution in [0.15, 0.2) is 60.7 Å². The van der Waals surface area contributed by atoms with E-state index in [9.17, 15) is 57.1 Å². The molecule has 0 heterocycles. The van der Waals surface area contributed by atoms with Gasteiger partial charge in [0.05, 0.1) is 16.5 Å². The predicted molar refractivity (Wildman–Crippen MR) is 154 cm³/mol. The van der Waals surface area contributed by atoms with Crippen molar-refractivity contribution in [3.8, 4) is 33.8 Å². The molecule has 6 rings (SSSR count). The minimum absolute atomic E-state index is 0.431. The average Bonchev–Trinajstić information content (AvgIpc) is 3.13. The predicted octanol–water partition coefficient (Wildman–Crippen LogP) is 10.1. The van der Waals surface area contributed by atoms with Crippen LogP contribution in [0.2, 0.25) is 0 Å².